The van der Waals surface area contributed by atoms with E-state index in [2.05, 4.69) is 79.9 Å². The second-order valence-corrected chi connectivity index (χ2v) is 24.0. The van der Waals surface area contributed by atoms with E-state index in [1.807, 2.05) is 28.1 Å². The molecule has 0 atom stereocenters. The van der Waals surface area contributed by atoms with Crippen LogP contribution in [-0.4, -0.2) is 186 Å². The highest BCUT2D eigenvalue weighted by atomic mass is 35.5. The number of nitrogens with two attached hydrogens (primary N) is 5. The molecular formula is C68H101Cl5N10O10. The summed E-state index contributed by atoms with van der Waals surface area (Å²) in [4.78, 5) is 69.8. The van der Waals surface area contributed by atoms with Crippen molar-refractivity contribution in [2.24, 2.45) is 0 Å². The molecule has 5 aromatic carbocycles. The van der Waals surface area contributed by atoms with Crippen LogP contribution in [0.4, 0.5) is 28.4 Å². The third-order valence-corrected chi connectivity index (χ3v) is 15.7. The molecule has 0 heterocycles. The number of hydrogen-bond donors (Lipinski definition) is 5. The number of nitrogens with zero attached hydrogens (tertiary/aromatic N) is 5. The molecular weight excluding hydrogens is 1290 g/mol. The number of esters is 5. The summed E-state index contributed by atoms with van der Waals surface area (Å²) in [5, 5.41) is 1.61. The average Bonchev–Trinajstić information content (AvgIpc) is 1.72. The molecule has 0 aliphatic rings. The molecule has 518 valence electrons. The minimum Gasteiger partial charge on any atom is -0.461 e. The van der Waals surface area contributed by atoms with Crippen LogP contribution < -0.4 is 28.7 Å². The van der Waals surface area contributed by atoms with E-state index in [1.54, 1.807) is 84.9 Å². The van der Waals surface area contributed by atoms with Crippen LogP contribution in [0.1, 0.15) is 140 Å². The van der Waals surface area contributed by atoms with E-state index in [1.165, 1.54) is 6.07 Å². The quantitative estimate of drug-likeness (QED) is 0.0157. The van der Waals surface area contributed by atoms with E-state index in [4.69, 9.17) is 110 Å². The van der Waals surface area contributed by atoms with Gasteiger partial charge in [0.2, 0.25) is 0 Å². The SMILES string of the molecule is CC(C)N(C)CCOC(=O)c1ccc(N)cc1Cl.CCCCN(C)CCOC(=O)c1ccc(N)cc1Cl.CCCCN(CC)CCOC(=O)c1ccc(N)cc1Cl.CCN(C)CCOC(=O)c1ccc(N)cc1Cl.CCN(CCOC(=O)c1ccc(N)cc1Cl)C(C)C. The predicted molar refractivity (Wildman–Crippen MR) is 383 cm³/mol. The minimum atomic E-state index is -0.419. The fraction of sp³-hybridized carbons (Fsp3) is 0.485. The number of unbranched alkanes of at least 4 members (excludes halogenated alkanes) is 2. The van der Waals surface area contributed by atoms with Crippen LogP contribution in [0.25, 0.3) is 0 Å². The van der Waals surface area contributed by atoms with E-state index in [9.17, 15) is 24.0 Å². The Kier molecular flexibility index (Phi) is 43.3. The molecule has 5 rings (SSSR count). The molecule has 0 amide bonds. The van der Waals surface area contributed by atoms with Crippen molar-refractivity contribution in [1.82, 2.24) is 24.5 Å². The van der Waals surface area contributed by atoms with Crippen LogP contribution in [0.15, 0.2) is 91.0 Å². The summed E-state index contributed by atoms with van der Waals surface area (Å²) in [5.41, 5.74) is 32.2. The molecule has 10 N–H and O–H groups in total. The average molecular weight is 1400 g/mol. The summed E-state index contributed by atoms with van der Waals surface area (Å²) in [7, 11) is 5.96. The number of likely N-dealkylation sites (N-methyl/N-ethyl adjacent to an activating group) is 5. The highest BCUT2D eigenvalue weighted by molar-refractivity contribution is 6.35. The molecule has 0 saturated heterocycles. The Morgan fingerprint density at radius 1 is 0.366 bits per heavy atom. The molecule has 0 saturated carbocycles. The van der Waals surface area contributed by atoms with Crippen LogP contribution in [-0.2, 0) is 23.7 Å². The van der Waals surface area contributed by atoms with Gasteiger partial charge in [0.25, 0.3) is 0 Å². The van der Waals surface area contributed by atoms with Gasteiger partial charge in [-0.25, -0.2) is 24.0 Å². The molecule has 0 spiro atoms. The second kappa shape index (κ2) is 47.6. The Labute approximate surface area is 577 Å². The maximum atomic E-state index is 11.9. The molecule has 93 heavy (non-hydrogen) atoms. The molecule has 0 unspecified atom stereocenters. The fourth-order valence-electron chi connectivity index (χ4n) is 7.81. The zero-order valence-corrected chi connectivity index (χ0v) is 60.1. The van der Waals surface area contributed by atoms with E-state index in [0.29, 0.717) is 146 Å². The van der Waals surface area contributed by atoms with Gasteiger partial charge in [-0.1, -0.05) is 105 Å². The van der Waals surface area contributed by atoms with Gasteiger partial charge in [-0.3, -0.25) is 4.90 Å². The molecule has 5 aromatic rings. The summed E-state index contributed by atoms with van der Waals surface area (Å²) < 4.78 is 26.0. The Hall–Kier alpha value is -6.30. The summed E-state index contributed by atoms with van der Waals surface area (Å²) in [5.74, 6) is -2.06. The van der Waals surface area contributed by atoms with Crippen molar-refractivity contribution in [2.45, 2.75) is 100 Å². The summed E-state index contributed by atoms with van der Waals surface area (Å²) >= 11 is 29.7. The highest BCUT2D eigenvalue weighted by Gasteiger charge is 2.18. The van der Waals surface area contributed by atoms with Gasteiger partial charge in [-0.2, -0.15) is 0 Å². The van der Waals surface area contributed by atoms with Crippen molar-refractivity contribution in [2.75, 3.05) is 148 Å². The maximum Gasteiger partial charge on any atom is 0.339 e. The Bertz CT molecular complexity index is 3040. The third kappa shape index (κ3) is 35.1. The van der Waals surface area contributed by atoms with Crippen molar-refractivity contribution >= 4 is 116 Å². The van der Waals surface area contributed by atoms with Crippen LogP contribution in [0.3, 0.4) is 0 Å². The lowest BCUT2D eigenvalue weighted by Gasteiger charge is -2.24. The van der Waals surface area contributed by atoms with Crippen LogP contribution in [0.5, 0.6) is 0 Å². The predicted octanol–water partition coefficient (Wildman–Crippen LogP) is 13.3. The number of anilines is 5. The largest absolute Gasteiger partial charge is 0.461 e. The molecule has 0 aliphatic carbocycles. The molecule has 0 aromatic heterocycles. The van der Waals surface area contributed by atoms with Crippen LogP contribution in [0.2, 0.25) is 25.1 Å². The Morgan fingerprint density at radius 2 is 0.656 bits per heavy atom. The number of halogens is 5. The smallest absolute Gasteiger partial charge is 0.339 e. The van der Waals surface area contributed by atoms with E-state index >= 15 is 0 Å². The highest BCUT2D eigenvalue weighted by Crippen LogP contribution is 2.24. The minimum absolute atomic E-state index is 0.317. The summed E-state index contributed by atoms with van der Waals surface area (Å²) in [6.45, 7) is 29.1. The van der Waals surface area contributed by atoms with Gasteiger partial charge in [0.05, 0.1) is 52.9 Å². The van der Waals surface area contributed by atoms with Crippen molar-refractivity contribution in [3.05, 3.63) is 144 Å². The molecule has 25 heteroatoms. The molecule has 0 aliphatic heterocycles. The zero-order chi connectivity index (χ0) is 70.2. The van der Waals surface area contributed by atoms with Gasteiger partial charge in [0.1, 0.15) is 33.0 Å². The van der Waals surface area contributed by atoms with Gasteiger partial charge >= 0.3 is 29.8 Å². The van der Waals surface area contributed by atoms with E-state index in [0.717, 1.165) is 71.5 Å². The Balaban J connectivity index is 0.000000582. The normalized spacial score (nSPS) is 10.8. The van der Waals surface area contributed by atoms with E-state index in [-0.39, 0.29) is 0 Å². The van der Waals surface area contributed by atoms with Crippen LogP contribution >= 0.6 is 58.0 Å². The number of rotatable bonds is 31. The van der Waals surface area contributed by atoms with Gasteiger partial charge in [0, 0.05) is 73.2 Å². The summed E-state index contributed by atoms with van der Waals surface area (Å²) in [6.07, 6.45) is 4.63. The van der Waals surface area contributed by atoms with Crippen molar-refractivity contribution < 1.29 is 47.7 Å². The topological polar surface area (TPSA) is 278 Å². The number of benzene rings is 5. The van der Waals surface area contributed by atoms with Crippen molar-refractivity contribution in [3.8, 4) is 0 Å². The standard InChI is InChI=1S/C15H23ClN2O2.2C14H21ClN2O2.C13H19ClN2O2.C12H17ClN2O2/c1-3-5-8-18(4-2)9-10-20-15(19)13-7-6-12(17)11-14(13)16;1-4-17(10(2)3)7-8-19-14(18)12-6-5-11(16)9-13(12)15;1-3-4-7-17(2)8-9-19-14(18)12-6-5-11(16)10-13(12)15;1-9(2)16(3)6-7-18-13(17)11-5-4-10(15)8-12(11)14;1-3-15(2)6-7-17-12(16)10-5-4-9(14)8-11(10)13/h6-7,11H,3-5,8-10,17H2,1-2H3;5-6,9-10H,4,7-8,16H2,1-3H3;5-6,10H,3-4,7-9,16H2,1-2H3;4-5,8-9H,6-7,15H2,1-3H3;4-5,8H,3,6-7,14H2,1-2H3. The lowest BCUT2D eigenvalue weighted by molar-refractivity contribution is 0.0442. The zero-order valence-electron chi connectivity index (χ0n) is 56.3. The second-order valence-electron chi connectivity index (χ2n) is 22.0. The van der Waals surface area contributed by atoms with Crippen molar-refractivity contribution in [1.29, 1.82) is 0 Å². The maximum absolute atomic E-state index is 11.9. The first kappa shape index (κ1) is 84.7. The van der Waals surface area contributed by atoms with E-state index < -0.39 is 29.8 Å². The molecule has 0 bridgehead atoms. The lowest BCUT2D eigenvalue weighted by Crippen LogP contribution is -2.34. The first-order valence-corrected chi connectivity index (χ1v) is 33.1. The van der Waals surface area contributed by atoms with Crippen molar-refractivity contribution in [3.63, 3.8) is 0 Å². The monoisotopic (exact) mass is 1390 g/mol. The number of carbonyl (C=O) groups is 5. The fourth-order valence-corrected chi connectivity index (χ4v) is 9.15. The van der Waals surface area contributed by atoms with Gasteiger partial charge < -0.3 is 72.0 Å². The van der Waals surface area contributed by atoms with Gasteiger partial charge in [-0.15, -0.1) is 0 Å². The lowest BCUT2D eigenvalue weighted by atomic mass is 10.2. The molecule has 20 nitrogen and oxygen atoms in total. The Morgan fingerprint density at radius 3 is 0.925 bits per heavy atom. The summed E-state index contributed by atoms with van der Waals surface area (Å²) in [6, 6.07) is 24.6. The van der Waals surface area contributed by atoms with Crippen LogP contribution in [0, 0.1) is 0 Å². The molecule has 0 fully saturated rings. The number of nitrogen functional groups attached to an aromatic ring is 5. The number of ether oxygens (including phenoxy) is 5. The van der Waals surface area contributed by atoms with Gasteiger partial charge in [-0.05, 0) is 185 Å². The first-order chi connectivity index (χ1) is 44.0. The van der Waals surface area contributed by atoms with Gasteiger partial charge in [0.15, 0.2) is 0 Å². The number of hydrogen-bond acceptors (Lipinski definition) is 20. The number of carbonyl (C=O) groups excluding carboxylic acids is 5. The third-order valence-electron chi connectivity index (χ3n) is 14.1. The molecule has 0 radical (unpaired) electrons. The first-order valence-electron chi connectivity index (χ1n) is 31.2.